The third-order valence-corrected chi connectivity index (χ3v) is 10.9. The van der Waals surface area contributed by atoms with Gasteiger partial charge in [-0.1, -0.05) is 18.9 Å². The third-order valence-electron chi connectivity index (χ3n) is 10.3. The fraction of sp³-hybridized carbons (Fsp3) is 0.611. The number of pyridine rings is 1. The molecular weight excluding hydrogens is 652 g/mol. The molecule has 3 fully saturated rings. The lowest BCUT2D eigenvalue weighted by Crippen LogP contribution is -2.46. The Bertz CT molecular complexity index is 1430. The SMILES string of the molecule is C=CCCC[C@H]1CCC[C@@]1(C)OC(=O)C[C@H](C(=O)N1C[C@H](Oc2cc3cc(OC)ccc3nc2Br)C[C@H]1C(=O)OC)C1CCCC1. The number of carbonyl (C=O) groups excluding carboxylic acids is 3. The van der Waals surface area contributed by atoms with Gasteiger partial charge in [0, 0.05) is 11.8 Å². The molecule has 0 radical (unpaired) electrons. The van der Waals surface area contributed by atoms with Gasteiger partial charge in [-0.15, -0.1) is 6.58 Å². The highest BCUT2D eigenvalue weighted by atomic mass is 79.9. The van der Waals surface area contributed by atoms with Crippen LogP contribution in [0.15, 0.2) is 41.5 Å². The second-order valence-corrected chi connectivity index (χ2v) is 14.0. The molecule has 1 aliphatic heterocycles. The van der Waals surface area contributed by atoms with E-state index in [2.05, 4.69) is 34.4 Å². The topological polar surface area (TPSA) is 104 Å². The molecule has 1 amide bonds. The number of aromatic nitrogens is 1. The molecule has 46 heavy (non-hydrogen) atoms. The van der Waals surface area contributed by atoms with Crippen molar-refractivity contribution in [2.24, 2.45) is 17.8 Å². The van der Waals surface area contributed by atoms with Crippen LogP contribution < -0.4 is 9.47 Å². The standard InChI is InChI=1S/C36H47BrN2O7/c1-5-6-7-13-25-14-10-17-36(25,2)46-32(40)21-28(23-11-8-9-12-23)34(41)39-22-27(20-30(39)35(42)44-4)45-31-19-24-18-26(43-3)15-16-29(24)38-33(31)37/h5,15-16,18-19,23,25,27-28,30H,1,6-14,17,20-22H2,2-4H3/t25-,27+,28-,30-,36+/m0/s1. The van der Waals surface area contributed by atoms with Gasteiger partial charge in [0.25, 0.3) is 0 Å². The molecule has 0 spiro atoms. The molecule has 9 nitrogen and oxygen atoms in total. The second kappa shape index (κ2) is 15.2. The van der Waals surface area contributed by atoms with Crippen LogP contribution in [0, 0.1) is 17.8 Å². The zero-order valence-corrected chi connectivity index (χ0v) is 28.9. The van der Waals surface area contributed by atoms with Crippen LogP contribution in [-0.4, -0.2) is 66.2 Å². The number of ether oxygens (including phenoxy) is 4. The van der Waals surface area contributed by atoms with Gasteiger partial charge < -0.3 is 23.8 Å². The minimum absolute atomic E-state index is 0.0103. The minimum atomic E-state index is -0.809. The molecule has 5 rings (SSSR count). The highest BCUT2D eigenvalue weighted by Gasteiger charge is 2.47. The number of amides is 1. The summed E-state index contributed by atoms with van der Waals surface area (Å²) in [5, 5.41) is 0.840. The Labute approximate surface area is 280 Å². The van der Waals surface area contributed by atoms with Crippen molar-refractivity contribution in [2.45, 2.75) is 102 Å². The van der Waals surface area contributed by atoms with E-state index in [1.54, 1.807) is 12.0 Å². The molecule has 2 saturated carbocycles. The van der Waals surface area contributed by atoms with Crippen LogP contribution >= 0.6 is 15.9 Å². The largest absolute Gasteiger partial charge is 0.497 e. The number of carbonyl (C=O) groups is 3. The number of likely N-dealkylation sites (tertiary alicyclic amines) is 1. The maximum absolute atomic E-state index is 14.4. The molecule has 2 aromatic rings. The fourth-order valence-corrected chi connectivity index (χ4v) is 8.20. The number of hydrogen-bond acceptors (Lipinski definition) is 8. The summed E-state index contributed by atoms with van der Waals surface area (Å²) in [4.78, 5) is 47.2. The van der Waals surface area contributed by atoms with E-state index in [0.29, 0.717) is 22.0 Å². The van der Waals surface area contributed by atoms with Gasteiger partial charge >= 0.3 is 11.9 Å². The van der Waals surface area contributed by atoms with E-state index in [9.17, 15) is 14.4 Å². The van der Waals surface area contributed by atoms with Crippen molar-refractivity contribution >= 4 is 44.7 Å². The maximum atomic E-state index is 14.4. The van der Waals surface area contributed by atoms with Gasteiger partial charge in [-0.3, -0.25) is 9.59 Å². The van der Waals surface area contributed by atoms with Gasteiger partial charge in [0.15, 0.2) is 5.75 Å². The molecule has 3 aliphatic rings. The number of esters is 2. The van der Waals surface area contributed by atoms with Crippen LogP contribution in [0.5, 0.6) is 11.5 Å². The van der Waals surface area contributed by atoms with Crippen LogP contribution in [0.25, 0.3) is 10.9 Å². The molecule has 250 valence electrons. The normalized spacial score (nSPS) is 25.4. The van der Waals surface area contributed by atoms with Crippen molar-refractivity contribution in [1.82, 2.24) is 9.88 Å². The maximum Gasteiger partial charge on any atom is 0.328 e. The average Bonchev–Trinajstić information content (AvgIpc) is 3.80. The van der Waals surface area contributed by atoms with Crippen molar-refractivity contribution in [3.8, 4) is 11.5 Å². The lowest BCUT2D eigenvalue weighted by atomic mass is 9.85. The molecule has 0 N–H and O–H groups in total. The van der Waals surface area contributed by atoms with Crippen molar-refractivity contribution in [2.75, 3.05) is 20.8 Å². The van der Waals surface area contributed by atoms with Crippen molar-refractivity contribution in [3.63, 3.8) is 0 Å². The Balaban J connectivity index is 1.32. The summed E-state index contributed by atoms with van der Waals surface area (Å²) in [7, 11) is 2.94. The summed E-state index contributed by atoms with van der Waals surface area (Å²) in [6, 6.07) is 6.66. The molecule has 5 atom stereocenters. The molecule has 10 heteroatoms. The predicted octanol–water partition coefficient (Wildman–Crippen LogP) is 7.18. The lowest BCUT2D eigenvalue weighted by Gasteiger charge is -2.34. The first-order valence-electron chi connectivity index (χ1n) is 16.7. The number of allylic oxidation sites excluding steroid dienone is 1. The predicted molar refractivity (Wildman–Crippen MR) is 178 cm³/mol. The molecule has 1 aromatic heterocycles. The van der Waals surface area contributed by atoms with E-state index >= 15 is 0 Å². The number of benzene rings is 1. The Morgan fingerprint density at radius 1 is 1.15 bits per heavy atom. The quantitative estimate of drug-likeness (QED) is 0.0938. The van der Waals surface area contributed by atoms with E-state index in [1.165, 1.54) is 7.11 Å². The van der Waals surface area contributed by atoms with E-state index in [4.69, 9.17) is 18.9 Å². The monoisotopic (exact) mass is 698 g/mol. The Hall–Kier alpha value is -3.14. The summed E-state index contributed by atoms with van der Waals surface area (Å²) in [5.74, 6) is -0.00891. The fourth-order valence-electron chi connectivity index (χ4n) is 7.80. The number of rotatable bonds is 13. The molecule has 1 saturated heterocycles. The lowest BCUT2D eigenvalue weighted by molar-refractivity contribution is -0.166. The van der Waals surface area contributed by atoms with Crippen LogP contribution in [0.4, 0.5) is 0 Å². The molecule has 2 aliphatic carbocycles. The summed E-state index contributed by atoms with van der Waals surface area (Å²) >= 11 is 3.52. The highest BCUT2D eigenvalue weighted by Crippen LogP contribution is 2.43. The summed E-state index contributed by atoms with van der Waals surface area (Å²) in [5.41, 5.74) is 0.255. The second-order valence-electron chi connectivity index (χ2n) is 13.3. The summed E-state index contributed by atoms with van der Waals surface area (Å²) in [6.07, 6.45) is 11.4. The number of unbranched alkanes of at least 4 members (excludes halogenated alkanes) is 1. The number of methoxy groups -OCH3 is 2. The van der Waals surface area contributed by atoms with Gasteiger partial charge in [0.05, 0.1) is 38.6 Å². The van der Waals surface area contributed by atoms with E-state index in [1.807, 2.05) is 30.3 Å². The number of nitrogens with zero attached hydrogens (tertiary/aromatic N) is 2. The van der Waals surface area contributed by atoms with Crippen molar-refractivity contribution in [3.05, 3.63) is 41.5 Å². The molecule has 2 heterocycles. The molecule has 0 bridgehead atoms. The van der Waals surface area contributed by atoms with Crippen LogP contribution in [0.2, 0.25) is 0 Å². The van der Waals surface area contributed by atoms with Crippen LogP contribution in [0.3, 0.4) is 0 Å². The first-order valence-corrected chi connectivity index (χ1v) is 17.5. The van der Waals surface area contributed by atoms with Crippen molar-refractivity contribution < 1.29 is 33.3 Å². The Morgan fingerprint density at radius 2 is 1.93 bits per heavy atom. The molecule has 1 aromatic carbocycles. The highest BCUT2D eigenvalue weighted by molar-refractivity contribution is 9.10. The zero-order valence-electron chi connectivity index (χ0n) is 27.3. The average molecular weight is 700 g/mol. The number of hydrogen-bond donors (Lipinski definition) is 0. The van der Waals surface area contributed by atoms with E-state index in [0.717, 1.165) is 75.1 Å². The third kappa shape index (κ3) is 7.69. The Morgan fingerprint density at radius 3 is 2.65 bits per heavy atom. The van der Waals surface area contributed by atoms with Gasteiger partial charge in [0.2, 0.25) is 5.91 Å². The zero-order chi connectivity index (χ0) is 32.8. The summed E-state index contributed by atoms with van der Waals surface area (Å²) in [6.45, 7) is 6.08. The van der Waals surface area contributed by atoms with Gasteiger partial charge in [-0.2, -0.15) is 0 Å². The first kappa shape index (κ1) is 34.2. The van der Waals surface area contributed by atoms with E-state index in [-0.39, 0.29) is 37.2 Å². The summed E-state index contributed by atoms with van der Waals surface area (Å²) < 4.78 is 23.6. The van der Waals surface area contributed by atoms with E-state index < -0.39 is 29.6 Å². The van der Waals surface area contributed by atoms with Crippen molar-refractivity contribution in [1.29, 1.82) is 0 Å². The molecule has 0 unspecified atom stereocenters. The number of fused-ring (bicyclic) bond motifs is 1. The molecular formula is C36H47BrN2O7. The minimum Gasteiger partial charge on any atom is -0.497 e. The van der Waals surface area contributed by atoms with Gasteiger partial charge in [-0.05, 0) is 110 Å². The van der Waals surface area contributed by atoms with Gasteiger partial charge in [-0.25, -0.2) is 9.78 Å². The van der Waals surface area contributed by atoms with Crippen LogP contribution in [-0.2, 0) is 23.9 Å². The number of halogens is 1. The smallest absolute Gasteiger partial charge is 0.328 e. The van der Waals surface area contributed by atoms with Crippen LogP contribution in [0.1, 0.15) is 84.0 Å². The Kier molecular flexibility index (Phi) is 11.3. The van der Waals surface area contributed by atoms with Gasteiger partial charge in [0.1, 0.15) is 28.1 Å². The first-order chi connectivity index (χ1) is 22.1.